The molecule has 0 N–H and O–H groups in total. The van der Waals surface area contributed by atoms with Gasteiger partial charge in [0.1, 0.15) is 0 Å². The first-order valence-corrected chi connectivity index (χ1v) is 4.97. The number of rotatable bonds is 5. The second-order valence-corrected chi connectivity index (χ2v) is 2.73. The normalized spacial score (nSPS) is 9.50. The Balaban J connectivity index is 0. The van der Waals surface area contributed by atoms with Crippen molar-refractivity contribution < 1.29 is 4.74 Å². The van der Waals surface area contributed by atoms with Crippen LogP contribution >= 0.6 is 0 Å². The Kier molecular flexibility index (Phi) is 16.3. The van der Waals surface area contributed by atoms with E-state index >= 15 is 0 Å². The molecule has 0 saturated heterocycles. The van der Waals surface area contributed by atoms with Crippen LogP contribution in [0.25, 0.3) is 0 Å². The molecule has 0 spiro atoms. The van der Waals surface area contributed by atoms with Gasteiger partial charge in [-0.25, -0.2) is 0 Å². The number of hydrogen-bond donors (Lipinski definition) is 0. The van der Waals surface area contributed by atoms with Crippen molar-refractivity contribution in [2.45, 2.75) is 34.1 Å². The molecular formula is C10H25NO. The van der Waals surface area contributed by atoms with E-state index in [0.717, 1.165) is 26.2 Å². The van der Waals surface area contributed by atoms with Gasteiger partial charge in [0.25, 0.3) is 0 Å². The molecule has 0 radical (unpaired) electrons. The molecule has 2 nitrogen and oxygen atoms in total. The maximum atomic E-state index is 4.93. The highest BCUT2D eigenvalue weighted by atomic mass is 16.5. The zero-order chi connectivity index (χ0) is 9.82. The lowest BCUT2D eigenvalue weighted by atomic mass is 10.5. The average molecular weight is 175 g/mol. The summed E-state index contributed by atoms with van der Waals surface area (Å²) in [5, 5.41) is 0. The fourth-order valence-corrected chi connectivity index (χ4v) is 0.760. The molecule has 0 aromatic heterocycles. The topological polar surface area (TPSA) is 12.5 Å². The zero-order valence-corrected chi connectivity index (χ0v) is 9.39. The molecular weight excluding hydrogens is 150 g/mol. The summed E-state index contributed by atoms with van der Waals surface area (Å²) in [5.41, 5.74) is 0. The van der Waals surface area contributed by atoms with Crippen LogP contribution in [0.2, 0.25) is 0 Å². The summed E-state index contributed by atoms with van der Waals surface area (Å²) >= 11 is 0. The van der Waals surface area contributed by atoms with Crippen molar-refractivity contribution in [3.63, 3.8) is 0 Å². The van der Waals surface area contributed by atoms with Crippen molar-refractivity contribution in [3.05, 3.63) is 0 Å². The highest BCUT2D eigenvalue weighted by Gasteiger charge is 1.95. The van der Waals surface area contributed by atoms with Gasteiger partial charge in [0.05, 0.1) is 6.61 Å². The minimum atomic E-state index is 0.849. The van der Waals surface area contributed by atoms with Crippen molar-refractivity contribution >= 4 is 0 Å². The Morgan fingerprint density at radius 2 is 1.42 bits per heavy atom. The molecule has 0 rings (SSSR count). The van der Waals surface area contributed by atoms with Gasteiger partial charge in [0.2, 0.25) is 0 Å². The lowest BCUT2D eigenvalue weighted by molar-refractivity contribution is 0.154. The van der Waals surface area contributed by atoms with Gasteiger partial charge < -0.3 is 9.64 Å². The van der Waals surface area contributed by atoms with E-state index in [0.29, 0.717) is 0 Å². The van der Waals surface area contributed by atoms with Crippen LogP contribution in [0.4, 0.5) is 0 Å². The van der Waals surface area contributed by atoms with Crippen molar-refractivity contribution in [2.24, 2.45) is 0 Å². The standard InChI is InChI=1S/C7H17NO.C3H8/c1-4-8(5-2)6-7-9-3;1-3-2/h4-7H2,1-3H3;3H2,1-2H3. The van der Waals surface area contributed by atoms with Gasteiger partial charge in [-0.2, -0.15) is 0 Å². The van der Waals surface area contributed by atoms with E-state index in [1.807, 2.05) is 0 Å². The van der Waals surface area contributed by atoms with Crippen LogP contribution < -0.4 is 0 Å². The Bertz CT molecular complexity index is 62.9. The molecule has 0 atom stereocenters. The zero-order valence-electron chi connectivity index (χ0n) is 9.39. The van der Waals surface area contributed by atoms with E-state index in [1.165, 1.54) is 6.42 Å². The molecule has 2 heteroatoms. The third kappa shape index (κ3) is 12.6. The third-order valence-electron chi connectivity index (χ3n) is 1.51. The Hall–Kier alpha value is -0.0800. The molecule has 0 aliphatic heterocycles. The fourth-order valence-electron chi connectivity index (χ4n) is 0.760. The fraction of sp³-hybridized carbons (Fsp3) is 1.00. The molecule has 0 unspecified atom stereocenters. The first-order chi connectivity index (χ1) is 5.76. The van der Waals surface area contributed by atoms with Crippen LogP contribution in [0.5, 0.6) is 0 Å². The quantitative estimate of drug-likeness (QED) is 0.636. The first-order valence-electron chi connectivity index (χ1n) is 4.97. The second-order valence-electron chi connectivity index (χ2n) is 2.73. The lowest BCUT2D eigenvalue weighted by Crippen LogP contribution is -2.26. The van der Waals surface area contributed by atoms with E-state index < -0.39 is 0 Å². The number of methoxy groups -OCH3 is 1. The van der Waals surface area contributed by atoms with E-state index in [1.54, 1.807) is 7.11 Å². The maximum Gasteiger partial charge on any atom is 0.0589 e. The van der Waals surface area contributed by atoms with E-state index in [9.17, 15) is 0 Å². The molecule has 0 aliphatic carbocycles. The Morgan fingerprint density at radius 3 is 1.67 bits per heavy atom. The molecule has 0 amide bonds. The van der Waals surface area contributed by atoms with Crippen LogP contribution in [0.3, 0.4) is 0 Å². The smallest absolute Gasteiger partial charge is 0.0589 e. The second kappa shape index (κ2) is 13.5. The predicted molar refractivity (Wildman–Crippen MR) is 55.6 cm³/mol. The minimum Gasteiger partial charge on any atom is -0.383 e. The molecule has 76 valence electrons. The summed E-state index contributed by atoms with van der Waals surface area (Å²) in [5.74, 6) is 0. The number of ether oxygens (including phenoxy) is 1. The monoisotopic (exact) mass is 175 g/mol. The molecule has 0 aliphatic rings. The predicted octanol–water partition coefficient (Wildman–Crippen LogP) is 2.39. The number of nitrogens with zero attached hydrogens (tertiary/aromatic N) is 1. The van der Waals surface area contributed by atoms with E-state index in [4.69, 9.17) is 4.74 Å². The largest absolute Gasteiger partial charge is 0.383 e. The molecule has 0 bridgehead atoms. The molecule has 0 saturated carbocycles. The molecule has 0 aromatic carbocycles. The minimum absolute atomic E-state index is 0.849. The average Bonchev–Trinajstić information content (AvgIpc) is 2.08. The van der Waals surface area contributed by atoms with E-state index in [-0.39, 0.29) is 0 Å². The third-order valence-corrected chi connectivity index (χ3v) is 1.51. The summed E-state index contributed by atoms with van der Waals surface area (Å²) < 4.78 is 4.93. The van der Waals surface area contributed by atoms with Gasteiger partial charge in [0, 0.05) is 13.7 Å². The lowest BCUT2D eigenvalue weighted by Gasteiger charge is -2.16. The van der Waals surface area contributed by atoms with Crippen molar-refractivity contribution in [1.82, 2.24) is 4.90 Å². The van der Waals surface area contributed by atoms with Crippen LogP contribution in [0.15, 0.2) is 0 Å². The van der Waals surface area contributed by atoms with Crippen LogP contribution in [-0.2, 0) is 4.74 Å². The number of likely N-dealkylation sites (N-methyl/N-ethyl adjacent to an activating group) is 1. The van der Waals surface area contributed by atoms with Crippen molar-refractivity contribution in [2.75, 3.05) is 33.4 Å². The van der Waals surface area contributed by atoms with Crippen LogP contribution in [0, 0.1) is 0 Å². The van der Waals surface area contributed by atoms with Gasteiger partial charge in [-0.15, -0.1) is 0 Å². The molecule has 0 fully saturated rings. The molecule has 0 heterocycles. The van der Waals surface area contributed by atoms with Gasteiger partial charge in [-0.05, 0) is 13.1 Å². The highest BCUT2D eigenvalue weighted by Crippen LogP contribution is 1.84. The van der Waals surface area contributed by atoms with Crippen molar-refractivity contribution in [3.8, 4) is 0 Å². The number of hydrogen-bond acceptors (Lipinski definition) is 2. The summed E-state index contributed by atoms with van der Waals surface area (Å²) in [6.45, 7) is 12.7. The summed E-state index contributed by atoms with van der Waals surface area (Å²) in [6.07, 6.45) is 1.25. The SMILES string of the molecule is CCC.CCN(CC)CCOC. The molecule has 12 heavy (non-hydrogen) atoms. The van der Waals surface area contributed by atoms with Gasteiger partial charge in [-0.3, -0.25) is 0 Å². The van der Waals surface area contributed by atoms with Gasteiger partial charge in [0.15, 0.2) is 0 Å². The van der Waals surface area contributed by atoms with Crippen LogP contribution in [-0.4, -0.2) is 38.3 Å². The Morgan fingerprint density at radius 1 is 1.00 bits per heavy atom. The maximum absolute atomic E-state index is 4.93. The summed E-state index contributed by atoms with van der Waals surface area (Å²) in [7, 11) is 1.74. The summed E-state index contributed by atoms with van der Waals surface area (Å²) in [4.78, 5) is 2.34. The highest BCUT2D eigenvalue weighted by molar-refractivity contribution is 4.48. The summed E-state index contributed by atoms with van der Waals surface area (Å²) in [6, 6.07) is 0. The van der Waals surface area contributed by atoms with Crippen molar-refractivity contribution in [1.29, 1.82) is 0 Å². The molecule has 0 aromatic rings. The van der Waals surface area contributed by atoms with E-state index in [2.05, 4.69) is 32.6 Å². The van der Waals surface area contributed by atoms with Gasteiger partial charge in [-0.1, -0.05) is 34.1 Å². The first kappa shape index (κ1) is 14.4. The van der Waals surface area contributed by atoms with Gasteiger partial charge >= 0.3 is 0 Å². The Labute approximate surface area is 77.9 Å². The van der Waals surface area contributed by atoms with Crippen LogP contribution in [0.1, 0.15) is 34.1 Å².